The molecule has 4 aromatic carbocycles. The largest absolute Gasteiger partial charge is 0.331 e. The Morgan fingerprint density at radius 2 is 0.578 bits per heavy atom. The number of halogens is 20. The highest BCUT2D eigenvalue weighted by Gasteiger charge is 2.52. The summed E-state index contributed by atoms with van der Waals surface area (Å²) in [5.74, 6) is -70.3. The van der Waals surface area contributed by atoms with Gasteiger partial charge in [-0.25, -0.2) is 87.8 Å². The van der Waals surface area contributed by atoms with Gasteiger partial charge in [0.05, 0.1) is 18.6 Å². The van der Waals surface area contributed by atoms with E-state index in [1.807, 2.05) is 0 Å². The molecule has 0 atom stereocenters. The van der Waals surface area contributed by atoms with E-state index in [-0.39, 0.29) is 0 Å². The molecule has 5 rings (SSSR count). The minimum atomic E-state index is -7.22. The highest BCUT2D eigenvalue weighted by molar-refractivity contribution is 7.20. The molecule has 22 heteroatoms. The molecule has 0 aliphatic heterocycles. The molecule has 1 nitrogen and oxygen atoms in total. The van der Waals surface area contributed by atoms with Gasteiger partial charge >= 0.3 is 0 Å². The third-order valence-electron chi connectivity index (χ3n) is 11.7. The Labute approximate surface area is 353 Å². The van der Waals surface area contributed by atoms with Crippen LogP contribution in [0.25, 0.3) is 0 Å². The molecule has 1 fully saturated rings. The fraction of sp³-hybridized carbons (Fsp3) is 0.429. The first-order chi connectivity index (χ1) is 29.8. The lowest BCUT2D eigenvalue weighted by Gasteiger charge is -2.44. The van der Waals surface area contributed by atoms with E-state index in [4.69, 9.17) is 0 Å². The standard InChI is InChI=1S/C24BF20.C18H37N/c26-5-1(6(27)14(35)21(42)13(5)34)25(2-7(28)15(36)22(43)16(37)8(2)29,3-9(30)17(38)23(44)18(39)10(3)31)4-11(32)19(40)24(45)20(41)12(4)33;1-16(2)19(17(3)4)15-11-6-5-8-12-18-13-9-7-10-14-18/h;16-18H,5-15H2,1-4H3/q-1;/p+1. The number of benzene rings is 4. The van der Waals surface area contributed by atoms with Crippen LogP contribution in [-0.4, -0.2) is 24.8 Å². The fourth-order valence-corrected chi connectivity index (χ4v) is 8.71. The van der Waals surface area contributed by atoms with Crippen molar-refractivity contribution in [1.82, 2.24) is 0 Å². The zero-order chi connectivity index (χ0) is 48.4. The first-order valence-electron chi connectivity index (χ1n) is 19.9. The third kappa shape index (κ3) is 9.30. The number of rotatable bonds is 13. The maximum absolute atomic E-state index is 15.4. The minimum Gasteiger partial charge on any atom is -0.331 e. The Kier molecular flexibility index (Phi) is 16.9. The summed E-state index contributed by atoms with van der Waals surface area (Å²) in [4.78, 5) is 1.78. The van der Waals surface area contributed by atoms with Gasteiger partial charge in [0.1, 0.15) is 52.7 Å². The van der Waals surface area contributed by atoms with Gasteiger partial charge in [0.2, 0.25) is 0 Å². The summed E-state index contributed by atoms with van der Waals surface area (Å²) < 4.78 is 294. The van der Waals surface area contributed by atoms with Gasteiger partial charge in [0.15, 0.2) is 69.8 Å². The third-order valence-corrected chi connectivity index (χ3v) is 11.7. The van der Waals surface area contributed by atoms with Gasteiger partial charge in [-0.1, -0.05) is 51.4 Å². The predicted octanol–water partition coefficient (Wildman–Crippen LogP) is 10.1. The van der Waals surface area contributed by atoms with Gasteiger partial charge in [-0.05, 0) is 46.5 Å². The molecule has 0 unspecified atom stereocenters. The Balaban J connectivity index is 0.000000395. The van der Waals surface area contributed by atoms with E-state index in [2.05, 4.69) is 27.7 Å². The summed E-state index contributed by atoms with van der Waals surface area (Å²) in [6.07, 6.45) is 7.71. The van der Waals surface area contributed by atoms with Crippen molar-refractivity contribution in [3.63, 3.8) is 0 Å². The average Bonchev–Trinajstić information content (AvgIpc) is 3.26. The smallest absolute Gasteiger partial charge is 0.200 e. The molecule has 0 aromatic heterocycles. The fourth-order valence-electron chi connectivity index (χ4n) is 8.71. The van der Waals surface area contributed by atoms with E-state index in [9.17, 15) is 52.7 Å². The number of hydrogen-bond donors (Lipinski definition) is 1. The van der Waals surface area contributed by atoms with Crippen molar-refractivity contribution in [3.8, 4) is 0 Å². The lowest BCUT2D eigenvalue weighted by atomic mass is 9.12. The van der Waals surface area contributed by atoms with Crippen LogP contribution >= 0.6 is 0 Å². The zero-order valence-electron chi connectivity index (χ0n) is 34.1. The molecular formula is C42H38BF20N. The summed E-state index contributed by atoms with van der Waals surface area (Å²) in [5, 5.41) is 0. The Morgan fingerprint density at radius 1 is 0.344 bits per heavy atom. The van der Waals surface area contributed by atoms with Gasteiger partial charge in [-0.2, -0.15) is 0 Å². The number of hydrogen-bond acceptors (Lipinski definition) is 0. The molecule has 0 spiro atoms. The van der Waals surface area contributed by atoms with Crippen molar-refractivity contribution in [3.05, 3.63) is 116 Å². The highest BCUT2D eigenvalue weighted by atomic mass is 19.2. The first-order valence-corrected chi connectivity index (χ1v) is 19.9. The van der Waals surface area contributed by atoms with Crippen LogP contribution in [0, 0.1) is 122 Å². The number of quaternary nitrogens is 1. The molecule has 1 N–H and O–H groups in total. The van der Waals surface area contributed by atoms with Crippen molar-refractivity contribution in [2.75, 3.05) is 6.54 Å². The predicted molar refractivity (Wildman–Crippen MR) is 195 cm³/mol. The molecule has 0 amide bonds. The molecule has 4 aromatic rings. The van der Waals surface area contributed by atoms with Crippen LogP contribution in [0.4, 0.5) is 87.8 Å². The molecular weight excluding hydrogens is 909 g/mol. The van der Waals surface area contributed by atoms with Gasteiger partial charge in [-0.15, -0.1) is 21.9 Å². The van der Waals surface area contributed by atoms with Crippen molar-refractivity contribution < 1.29 is 92.7 Å². The molecule has 1 aliphatic carbocycles. The van der Waals surface area contributed by atoms with Gasteiger partial charge < -0.3 is 4.90 Å². The van der Waals surface area contributed by atoms with Gasteiger partial charge in [0, 0.05) is 0 Å². The van der Waals surface area contributed by atoms with Gasteiger partial charge in [0.25, 0.3) is 0 Å². The Bertz CT molecular complexity index is 1970. The SMILES string of the molecule is CC(C)[NH+](CCCCCCC1CCCCC1)C(C)C.Fc1c(F)c(F)c([B-](c2c(F)c(F)c(F)c(F)c2F)(c2c(F)c(F)c(F)c(F)c2F)c2c(F)c(F)c(F)c(F)c2F)c(F)c1F. The number of unbranched alkanes of at least 4 members (excludes halogenated alkanes) is 3. The summed E-state index contributed by atoms with van der Waals surface area (Å²) in [6.45, 7) is 10.8. The van der Waals surface area contributed by atoms with Crippen LogP contribution in [0.3, 0.4) is 0 Å². The van der Waals surface area contributed by atoms with Crippen molar-refractivity contribution in [2.24, 2.45) is 5.92 Å². The maximum Gasteiger partial charge on any atom is 0.200 e. The second-order valence-corrected chi connectivity index (χ2v) is 16.1. The lowest BCUT2D eigenvalue weighted by Crippen LogP contribution is -3.17. The van der Waals surface area contributed by atoms with Crippen molar-refractivity contribution in [1.29, 1.82) is 0 Å². The van der Waals surface area contributed by atoms with Crippen LogP contribution in [0.15, 0.2) is 0 Å². The zero-order valence-corrected chi connectivity index (χ0v) is 34.1. The topological polar surface area (TPSA) is 4.44 Å². The molecule has 0 saturated heterocycles. The van der Waals surface area contributed by atoms with E-state index in [0.29, 0.717) is 0 Å². The minimum absolute atomic E-state index is 0.780. The van der Waals surface area contributed by atoms with E-state index in [1.54, 1.807) is 4.90 Å². The Hall–Kier alpha value is -4.50. The highest BCUT2D eigenvalue weighted by Crippen LogP contribution is 2.31. The molecule has 354 valence electrons. The second kappa shape index (κ2) is 20.8. The van der Waals surface area contributed by atoms with E-state index in [0.717, 1.165) is 18.0 Å². The Morgan fingerprint density at radius 3 is 0.828 bits per heavy atom. The summed E-state index contributed by atoms with van der Waals surface area (Å²) in [6, 6.07) is 1.56. The molecule has 64 heavy (non-hydrogen) atoms. The van der Waals surface area contributed by atoms with Crippen LogP contribution < -0.4 is 26.8 Å². The van der Waals surface area contributed by atoms with E-state index in [1.165, 1.54) is 70.8 Å². The van der Waals surface area contributed by atoms with E-state index < -0.39 is 144 Å². The maximum atomic E-state index is 15.4. The summed E-state index contributed by atoms with van der Waals surface area (Å²) in [7, 11) is 0. The monoisotopic (exact) mass is 947 g/mol. The van der Waals surface area contributed by atoms with Crippen LogP contribution in [0.5, 0.6) is 0 Å². The summed E-state index contributed by atoms with van der Waals surface area (Å²) in [5.41, 5.74) is -14.3. The van der Waals surface area contributed by atoms with Crippen LogP contribution in [0.2, 0.25) is 0 Å². The molecule has 1 saturated carbocycles. The normalized spacial score (nSPS) is 13.7. The van der Waals surface area contributed by atoms with Crippen LogP contribution in [0.1, 0.15) is 91.9 Å². The summed E-state index contributed by atoms with van der Waals surface area (Å²) >= 11 is 0. The lowest BCUT2D eigenvalue weighted by molar-refractivity contribution is -0.942. The average molecular weight is 948 g/mol. The van der Waals surface area contributed by atoms with Crippen LogP contribution in [-0.2, 0) is 0 Å². The van der Waals surface area contributed by atoms with Crippen molar-refractivity contribution >= 4 is 28.0 Å². The van der Waals surface area contributed by atoms with Gasteiger partial charge in [-0.3, -0.25) is 0 Å². The van der Waals surface area contributed by atoms with E-state index >= 15 is 35.1 Å². The quantitative estimate of drug-likeness (QED) is 0.0448. The first kappa shape index (κ1) is 52.1. The van der Waals surface area contributed by atoms with Crippen molar-refractivity contribution in [2.45, 2.75) is 104 Å². The molecule has 1 aliphatic rings. The molecule has 0 radical (unpaired) electrons. The second-order valence-electron chi connectivity index (χ2n) is 16.1. The number of nitrogens with one attached hydrogen (secondary N) is 1. The molecule has 0 bridgehead atoms. The molecule has 0 heterocycles.